The molecule has 0 saturated heterocycles. The molecule has 1 N–H and O–H groups in total. The van der Waals surface area contributed by atoms with E-state index in [1.807, 2.05) is 32.0 Å². The molecular weight excluding hydrogens is 346 g/mol. The Morgan fingerprint density at radius 3 is 2.42 bits per heavy atom. The van der Waals surface area contributed by atoms with E-state index < -0.39 is 0 Å². The van der Waals surface area contributed by atoms with Gasteiger partial charge < -0.3 is 10.1 Å². The number of amides is 1. The highest BCUT2D eigenvalue weighted by Crippen LogP contribution is 2.19. The Balaban J connectivity index is 1.81. The third-order valence-corrected chi connectivity index (χ3v) is 5.05. The van der Waals surface area contributed by atoms with Gasteiger partial charge in [-0.25, -0.2) is 4.79 Å². The molecule has 0 radical (unpaired) electrons. The van der Waals surface area contributed by atoms with Crippen LogP contribution >= 0.6 is 11.8 Å². The van der Waals surface area contributed by atoms with Crippen molar-refractivity contribution in [3.63, 3.8) is 0 Å². The van der Waals surface area contributed by atoms with Gasteiger partial charge in [0.05, 0.1) is 17.4 Å². The van der Waals surface area contributed by atoms with E-state index in [1.165, 1.54) is 5.56 Å². The van der Waals surface area contributed by atoms with E-state index in [0.29, 0.717) is 17.9 Å². The molecule has 0 unspecified atom stereocenters. The molecule has 1 amide bonds. The molecule has 0 fully saturated rings. The summed E-state index contributed by atoms with van der Waals surface area (Å²) in [5.41, 5.74) is 2.36. The monoisotopic (exact) mass is 371 g/mol. The number of benzene rings is 2. The number of nitrogens with one attached hydrogen (secondary N) is 1. The van der Waals surface area contributed by atoms with Gasteiger partial charge in [0.15, 0.2) is 0 Å². The maximum Gasteiger partial charge on any atom is 0.338 e. The normalized spacial score (nSPS) is 11.6. The summed E-state index contributed by atoms with van der Waals surface area (Å²) < 4.78 is 5.17. The van der Waals surface area contributed by atoms with Gasteiger partial charge in [-0.1, -0.05) is 43.7 Å². The van der Waals surface area contributed by atoms with Crippen molar-refractivity contribution in [3.8, 4) is 0 Å². The summed E-state index contributed by atoms with van der Waals surface area (Å²) in [6, 6.07) is 16.9. The number of carbonyl (C=O) groups excluding carboxylic acids is 2. The second kappa shape index (κ2) is 10.7. The molecule has 0 aliphatic heterocycles. The third kappa shape index (κ3) is 6.56. The number of esters is 1. The fourth-order valence-corrected chi connectivity index (χ4v) is 3.04. The van der Waals surface area contributed by atoms with Gasteiger partial charge in [0.2, 0.25) is 5.91 Å². The van der Waals surface area contributed by atoms with Crippen molar-refractivity contribution in [1.29, 1.82) is 0 Å². The number of carbonyl (C=O) groups is 2. The first-order chi connectivity index (χ1) is 12.6. The Hall–Kier alpha value is -2.27. The van der Waals surface area contributed by atoms with Crippen LogP contribution in [-0.4, -0.2) is 23.7 Å². The van der Waals surface area contributed by atoms with E-state index in [4.69, 9.17) is 4.74 Å². The topological polar surface area (TPSA) is 55.4 Å². The Kier molecular flexibility index (Phi) is 8.22. The standard InChI is InChI=1S/C21H25NO3S/c1-3-4-14-25-21(24)18-10-12-19(13-11-18)22-20(23)16(2)26-15-17-8-6-5-7-9-17/h5-13,16H,3-4,14-15H2,1-2H3,(H,22,23)/t16-/m0/s1. The lowest BCUT2D eigenvalue weighted by Gasteiger charge is -2.12. The van der Waals surface area contributed by atoms with Gasteiger partial charge in [0.1, 0.15) is 0 Å². The maximum atomic E-state index is 12.3. The van der Waals surface area contributed by atoms with Gasteiger partial charge in [-0.3, -0.25) is 4.79 Å². The van der Waals surface area contributed by atoms with Crippen LogP contribution in [0.3, 0.4) is 0 Å². The molecule has 0 heterocycles. The van der Waals surface area contributed by atoms with Crippen LogP contribution in [0.2, 0.25) is 0 Å². The fourth-order valence-electron chi connectivity index (χ4n) is 2.20. The van der Waals surface area contributed by atoms with Crippen LogP contribution in [0.1, 0.15) is 42.6 Å². The average Bonchev–Trinajstić information content (AvgIpc) is 2.67. The fraction of sp³-hybridized carbons (Fsp3) is 0.333. The van der Waals surface area contributed by atoms with Crippen LogP contribution in [0.4, 0.5) is 5.69 Å². The van der Waals surface area contributed by atoms with Crippen molar-refractivity contribution in [1.82, 2.24) is 0 Å². The first-order valence-corrected chi connectivity index (χ1v) is 9.88. The van der Waals surface area contributed by atoms with E-state index in [0.717, 1.165) is 18.6 Å². The predicted molar refractivity (Wildman–Crippen MR) is 107 cm³/mol. The molecule has 26 heavy (non-hydrogen) atoms. The largest absolute Gasteiger partial charge is 0.462 e. The van der Waals surface area contributed by atoms with Gasteiger partial charge in [-0.15, -0.1) is 11.8 Å². The highest BCUT2D eigenvalue weighted by molar-refractivity contribution is 7.99. The second-order valence-electron chi connectivity index (χ2n) is 5.99. The van der Waals surface area contributed by atoms with Crippen molar-refractivity contribution in [2.24, 2.45) is 0 Å². The van der Waals surface area contributed by atoms with Crippen LogP contribution in [-0.2, 0) is 15.3 Å². The number of thioether (sulfide) groups is 1. The highest BCUT2D eigenvalue weighted by Gasteiger charge is 2.14. The number of hydrogen-bond acceptors (Lipinski definition) is 4. The molecule has 0 aliphatic rings. The Morgan fingerprint density at radius 2 is 1.77 bits per heavy atom. The van der Waals surface area contributed by atoms with Crippen molar-refractivity contribution >= 4 is 29.3 Å². The van der Waals surface area contributed by atoms with Crippen LogP contribution < -0.4 is 5.32 Å². The number of hydrogen-bond donors (Lipinski definition) is 1. The lowest BCUT2D eigenvalue weighted by molar-refractivity contribution is -0.115. The summed E-state index contributed by atoms with van der Waals surface area (Å²) in [7, 11) is 0. The molecule has 0 spiro atoms. The molecular formula is C21H25NO3S. The van der Waals surface area contributed by atoms with Crippen molar-refractivity contribution in [2.75, 3.05) is 11.9 Å². The molecule has 0 bridgehead atoms. The van der Waals surface area contributed by atoms with Gasteiger partial charge in [-0.05, 0) is 43.2 Å². The van der Waals surface area contributed by atoms with Gasteiger partial charge >= 0.3 is 5.97 Å². The van der Waals surface area contributed by atoms with Crippen LogP contribution in [0.15, 0.2) is 54.6 Å². The van der Waals surface area contributed by atoms with E-state index >= 15 is 0 Å². The van der Waals surface area contributed by atoms with Crippen molar-refractivity contribution in [2.45, 2.75) is 37.7 Å². The van der Waals surface area contributed by atoms with E-state index in [-0.39, 0.29) is 17.1 Å². The summed E-state index contributed by atoms with van der Waals surface area (Å²) >= 11 is 1.59. The molecule has 0 aromatic heterocycles. The smallest absolute Gasteiger partial charge is 0.338 e. The van der Waals surface area contributed by atoms with Gasteiger partial charge in [-0.2, -0.15) is 0 Å². The molecule has 5 heteroatoms. The van der Waals surface area contributed by atoms with E-state index in [1.54, 1.807) is 36.0 Å². The lowest BCUT2D eigenvalue weighted by Crippen LogP contribution is -2.22. The SMILES string of the molecule is CCCCOC(=O)c1ccc(NC(=O)[C@H](C)SCc2ccccc2)cc1. The summed E-state index contributed by atoms with van der Waals surface area (Å²) in [6.07, 6.45) is 1.84. The zero-order valence-electron chi connectivity index (χ0n) is 15.2. The van der Waals surface area contributed by atoms with Crippen molar-refractivity contribution in [3.05, 3.63) is 65.7 Å². The first-order valence-electron chi connectivity index (χ1n) is 8.83. The third-order valence-electron chi connectivity index (χ3n) is 3.83. The van der Waals surface area contributed by atoms with E-state index in [9.17, 15) is 9.59 Å². The molecule has 0 aliphatic carbocycles. The summed E-state index contributed by atoms with van der Waals surface area (Å²) in [4.78, 5) is 24.2. The van der Waals surface area contributed by atoms with E-state index in [2.05, 4.69) is 17.4 Å². The van der Waals surface area contributed by atoms with Gasteiger partial charge in [0, 0.05) is 11.4 Å². The van der Waals surface area contributed by atoms with Crippen LogP contribution in [0.5, 0.6) is 0 Å². The summed E-state index contributed by atoms with van der Waals surface area (Å²) in [6.45, 7) is 4.37. The van der Waals surface area contributed by atoms with Gasteiger partial charge in [0.25, 0.3) is 0 Å². The molecule has 2 aromatic carbocycles. The molecule has 2 rings (SSSR count). The molecule has 2 aromatic rings. The number of anilines is 1. The van der Waals surface area contributed by atoms with Crippen molar-refractivity contribution < 1.29 is 14.3 Å². The zero-order chi connectivity index (χ0) is 18.8. The predicted octanol–water partition coefficient (Wildman–Crippen LogP) is 4.90. The number of ether oxygens (including phenoxy) is 1. The minimum atomic E-state index is -0.330. The average molecular weight is 372 g/mol. The lowest BCUT2D eigenvalue weighted by atomic mass is 10.2. The Bertz CT molecular complexity index is 701. The number of unbranched alkanes of at least 4 members (excludes halogenated alkanes) is 1. The highest BCUT2D eigenvalue weighted by atomic mass is 32.2. The Morgan fingerprint density at radius 1 is 1.08 bits per heavy atom. The van der Waals surface area contributed by atoms with Crippen LogP contribution in [0.25, 0.3) is 0 Å². The first kappa shape index (κ1) is 20.0. The minimum Gasteiger partial charge on any atom is -0.462 e. The Labute approximate surface area is 159 Å². The quantitative estimate of drug-likeness (QED) is 0.503. The van der Waals surface area contributed by atoms with Crippen LogP contribution in [0, 0.1) is 0 Å². The molecule has 0 saturated carbocycles. The zero-order valence-corrected chi connectivity index (χ0v) is 16.1. The molecule has 138 valence electrons. The summed E-state index contributed by atoms with van der Waals surface area (Å²) in [5.74, 6) is 0.408. The molecule has 1 atom stereocenters. The maximum absolute atomic E-state index is 12.3. The second-order valence-corrected chi connectivity index (χ2v) is 7.32. The minimum absolute atomic E-state index is 0.0517. The molecule has 4 nitrogen and oxygen atoms in total. The summed E-state index contributed by atoms with van der Waals surface area (Å²) in [5, 5.41) is 2.71. The number of rotatable bonds is 9.